The average Bonchev–Trinajstić information content (AvgIpc) is 2.43. The molecule has 1 aliphatic rings. The molecule has 0 radical (unpaired) electrons. The van der Waals surface area contributed by atoms with Gasteiger partial charge >= 0.3 is 6.03 Å². The molecule has 2 amide bonds. The second-order valence-corrected chi connectivity index (χ2v) is 3.52. The molecule has 5 nitrogen and oxygen atoms in total. The Morgan fingerprint density at radius 3 is 2.87 bits per heavy atom. The molecule has 1 aliphatic heterocycles. The maximum absolute atomic E-state index is 11.6. The monoisotopic (exact) mass is 211 g/mol. The quantitative estimate of drug-likeness (QED) is 0.665. The highest BCUT2D eigenvalue weighted by Crippen LogP contribution is 2.26. The molecule has 0 aromatic carbocycles. The van der Waals surface area contributed by atoms with Gasteiger partial charge in [-0.2, -0.15) is 0 Å². The summed E-state index contributed by atoms with van der Waals surface area (Å²) in [5.41, 5.74) is -0.653. The maximum Gasteiger partial charge on any atom is 0.324 e. The van der Waals surface area contributed by atoms with Crippen LogP contribution in [-0.2, 0) is 4.74 Å². The van der Waals surface area contributed by atoms with Crippen LogP contribution in [0, 0.1) is 5.41 Å². The van der Waals surface area contributed by atoms with Gasteiger partial charge in [0.15, 0.2) is 0 Å². The van der Waals surface area contributed by atoms with Crippen molar-refractivity contribution in [2.45, 2.75) is 18.9 Å². The first-order valence-corrected chi connectivity index (χ1v) is 4.90. The zero-order valence-corrected chi connectivity index (χ0v) is 9.17. The predicted octanol–water partition coefficient (Wildman–Crippen LogP) is 0.970. The van der Waals surface area contributed by atoms with Crippen molar-refractivity contribution < 1.29 is 9.53 Å². The molecule has 1 fully saturated rings. The van der Waals surface area contributed by atoms with Crippen molar-refractivity contribution in [1.29, 1.82) is 5.41 Å². The van der Waals surface area contributed by atoms with Crippen molar-refractivity contribution in [2.75, 3.05) is 20.3 Å². The average molecular weight is 211 g/mol. The van der Waals surface area contributed by atoms with Gasteiger partial charge in [0.1, 0.15) is 11.4 Å². The fourth-order valence-corrected chi connectivity index (χ4v) is 1.87. The van der Waals surface area contributed by atoms with Crippen molar-refractivity contribution in [3.63, 3.8) is 0 Å². The fraction of sp³-hybridized carbons (Fsp3) is 0.600. The normalized spacial score (nSPS) is 25.6. The molecule has 15 heavy (non-hydrogen) atoms. The van der Waals surface area contributed by atoms with Gasteiger partial charge in [0.2, 0.25) is 0 Å². The van der Waals surface area contributed by atoms with E-state index in [4.69, 9.17) is 10.1 Å². The number of hydrogen-bond donors (Lipinski definition) is 2. The molecule has 5 heteroatoms. The Morgan fingerprint density at radius 2 is 2.40 bits per heavy atom. The van der Waals surface area contributed by atoms with Gasteiger partial charge < -0.3 is 9.64 Å². The molecule has 1 unspecified atom stereocenters. The number of nitrogens with one attached hydrogen (secondary N) is 2. The highest BCUT2D eigenvalue weighted by Gasteiger charge is 2.48. The summed E-state index contributed by atoms with van der Waals surface area (Å²) >= 11 is 0. The minimum Gasteiger partial charge on any atom is -0.382 e. The zero-order chi connectivity index (χ0) is 11.5. The number of amidine groups is 1. The largest absolute Gasteiger partial charge is 0.382 e. The first-order chi connectivity index (χ1) is 7.12. The highest BCUT2D eigenvalue weighted by molar-refractivity contribution is 6.08. The van der Waals surface area contributed by atoms with E-state index < -0.39 is 5.54 Å². The summed E-state index contributed by atoms with van der Waals surface area (Å²) in [7, 11) is 1.57. The van der Waals surface area contributed by atoms with Crippen molar-refractivity contribution in [3.05, 3.63) is 12.7 Å². The number of carbonyl (C=O) groups is 1. The standard InChI is InChI=1S/C10H17N3O2/c1-4-6-13-9(14)12-8(11)10(13,5-2)7-15-3/h4H,1,5-7H2,2-3H3,(H2,11,12,14). The molecule has 0 saturated carbocycles. The summed E-state index contributed by atoms with van der Waals surface area (Å²) in [6, 6.07) is -0.251. The van der Waals surface area contributed by atoms with E-state index in [1.165, 1.54) is 0 Å². The maximum atomic E-state index is 11.6. The van der Waals surface area contributed by atoms with Crippen molar-refractivity contribution >= 4 is 11.9 Å². The Kier molecular flexibility index (Phi) is 3.47. The Bertz CT molecular complexity index is 290. The molecule has 1 rings (SSSR count). The Labute approximate surface area is 89.6 Å². The summed E-state index contributed by atoms with van der Waals surface area (Å²) in [5, 5.41) is 10.3. The number of ether oxygens (including phenoxy) is 1. The van der Waals surface area contributed by atoms with Crippen LogP contribution in [0.5, 0.6) is 0 Å². The first-order valence-electron chi connectivity index (χ1n) is 4.90. The number of hydrogen-bond acceptors (Lipinski definition) is 3. The second kappa shape index (κ2) is 4.44. The molecule has 0 aromatic rings. The van der Waals surface area contributed by atoms with Gasteiger partial charge in [0, 0.05) is 13.7 Å². The van der Waals surface area contributed by atoms with Gasteiger partial charge in [-0.1, -0.05) is 13.0 Å². The molecular formula is C10H17N3O2. The lowest BCUT2D eigenvalue weighted by Crippen LogP contribution is -2.52. The van der Waals surface area contributed by atoms with Gasteiger partial charge in [0.05, 0.1) is 6.61 Å². The third-order valence-electron chi connectivity index (χ3n) is 2.74. The van der Waals surface area contributed by atoms with Crippen LogP contribution in [0.3, 0.4) is 0 Å². The number of urea groups is 1. The van der Waals surface area contributed by atoms with Crippen LogP contribution in [0.4, 0.5) is 4.79 Å². The Morgan fingerprint density at radius 1 is 1.73 bits per heavy atom. The fourth-order valence-electron chi connectivity index (χ4n) is 1.87. The Hall–Kier alpha value is -1.36. The van der Waals surface area contributed by atoms with Crippen LogP contribution in [0.1, 0.15) is 13.3 Å². The van der Waals surface area contributed by atoms with Crippen LogP contribution in [0.15, 0.2) is 12.7 Å². The minimum absolute atomic E-state index is 0.207. The van der Waals surface area contributed by atoms with Crippen LogP contribution in [-0.4, -0.2) is 42.6 Å². The molecule has 1 saturated heterocycles. The first kappa shape index (κ1) is 11.7. The highest BCUT2D eigenvalue weighted by atomic mass is 16.5. The predicted molar refractivity (Wildman–Crippen MR) is 58.1 cm³/mol. The lowest BCUT2D eigenvalue weighted by Gasteiger charge is -2.34. The minimum atomic E-state index is -0.653. The third kappa shape index (κ3) is 1.74. The van der Waals surface area contributed by atoms with Crippen LogP contribution in [0.2, 0.25) is 0 Å². The van der Waals surface area contributed by atoms with Crippen LogP contribution in [0.25, 0.3) is 0 Å². The molecule has 84 valence electrons. The molecule has 0 aromatic heterocycles. The molecule has 0 spiro atoms. The second-order valence-electron chi connectivity index (χ2n) is 3.52. The summed E-state index contributed by atoms with van der Waals surface area (Å²) in [4.78, 5) is 13.2. The van der Waals surface area contributed by atoms with E-state index in [0.717, 1.165) is 0 Å². The van der Waals surface area contributed by atoms with E-state index in [-0.39, 0.29) is 11.9 Å². The van der Waals surface area contributed by atoms with E-state index in [9.17, 15) is 4.79 Å². The molecular weight excluding hydrogens is 194 g/mol. The van der Waals surface area contributed by atoms with E-state index in [1.807, 2.05) is 6.92 Å². The van der Waals surface area contributed by atoms with Gasteiger partial charge in [-0.25, -0.2) is 4.79 Å². The van der Waals surface area contributed by atoms with E-state index in [1.54, 1.807) is 18.1 Å². The smallest absolute Gasteiger partial charge is 0.324 e. The number of amides is 2. The van der Waals surface area contributed by atoms with Crippen LogP contribution >= 0.6 is 0 Å². The lowest BCUT2D eigenvalue weighted by molar-refractivity contribution is 0.0882. The van der Waals surface area contributed by atoms with E-state index in [2.05, 4.69) is 11.9 Å². The Balaban J connectivity index is 3.02. The number of nitrogens with zero attached hydrogens (tertiary/aromatic N) is 1. The summed E-state index contributed by atoms with van der Waals surface area (Å²) in [5.74, 6) is 0.207. The van der Waals surface area contributed by atoms with Gasteiger partial charge in [0.25, 0.3) is 0 Å². The summed E-state index contributed by atoms with van der Waals surface area (Å²) in [6.45, 7) is 6.30. The topological polar surface area (TPSA) is 65.4 Å². The van der Waals surface area contributed by atoms with Crippen molar-refractivity contribution in [2.24, 2.45) is 0 Å². The summed E-state index contributed by atoms with van der Waals surface area (Å²) in [6.07, 6.45) is 2.30. The van der Waals surface area contributed by atoms with Gasteiger partial charge in [-0.15, -0.1) is 6.58 Å². The van der Waals surface area contributed by atoms with Crippen molar-refractivity contribution in [3.8, 4) is 0 Å². The van der Waals surface area contributed by atoms with Crippen molar-refractivity contribution in [1.82, 2.24) is 10.2 Å². The third-order valence-corrected chi connectivity index (χ3v) is 2.74. The number of rotatable bonds is 5. The van der Waals surface area contributed by atoms with Gasteiger partial charge in [-0.05, 0) is 6.42 Å². The zero-order valence-electron chi connectivity index (χ0n) is 9.17. The number of carbonyl (C=O) groups excluding carboxylic acids is 1. The van der Waals surface area contributed by atoms with Crippen LogP contribution < -0.4 is 5.32 Å². The number of methoxy groups -OCH3 is 1. The molecule has 2 N–H and O–H groups in total. The molecule has 0 bridgehead atoms. The van der Waals surface area contributed by atoms with Gasteiger partial charge in [-0.3, -0.25) is 10.7 Å². The lowest BCUT2D eigenvalue weighted by atomic mass is 9.95. The molecule has 0 aliphatic carbocycles. The van der Waals surface area contributed by atoms with E-state index in [0.29, 0.717) is 19.6 Å². The SMILES string of the molecule is C=CCN1C(=O)NC(=N)C1(CC)COC. The van der Waals surface area contributed by atoms with E-state index >= 15 is 0 Å². The molecule has 1 atom stereocenters. The molecule has 1 heterocycles. The summed E-state index contributed by atoms with van der Waals surface area (Å²) < 4.78 is 5.11.